The van der Waals surface area contributed by atoms with Crippen molar-refractivity contribution < 1.29 is 23.8 Å². The molecule has 0 fully saturated rings. The number of aromatic nitrogens is 2. The van der Waals surface area contributed by atoms with Gasteiger partial charge >= 0.3 is 5.97 Å². The Morgan fingerprint density at radius 1 is 1.07 bits per heavy atom. The van der Waals surface area contributed by atoms with Crippen LogP contribution in [0, 0.1) is 0 Å². The summed E-state index contributed by atoms with van der Waals surface area (Å²) in [6.07, 6.45) is 1.86. The number of nitrogens with one attached hydrogen (secondary N) is 1. The van der Waals surface area contributed by atoms with Crippen molar-refractivity contribution in [3.8, 4) is 17.2 Å². The molecular weight excluding hydrogens is 386 g/mol. The molecule has 0 bridgehead atoms. The topological polar surface area (TPSA) is 91.7 Å². The lowest BCUT2D eigenvalue weighted by molar-refractivity contribution is -0.116. The molecular formula is C22H23N3O5. The van der Waals surface area contributed by atoms with Gasteiger partial charge < -0.3 is 19.5 Å². The number of rotatable bonds is 9. The van der Waals surface area contributed by atoms with Crippen molar-refractivity contribution in [3.63, 3.8) is 0 Å². The first kappa shape index (κ1) is 20.9. The average Bonchev–Trinajstić information content (AvgIpc) is 3.25. The maximum absolute atomic E-state index is 12.2. The first-order valence-electron chi connectivity index (χ1n) is 9.49. The Kier molecular flexibility index (Phi) is 7.05. The highest BCUT2D eigenvalue weighted by Gasteiger charge is 2.11. The number of hydrogen-bond acceptors (Lipinski definition) is 6. The van der Waals surface area contributed by atoms with Crippen molar-refractivity contribution in [2.45, 2.75) is 13.3 Å². The second kappa shape index (κ2) is 10.1. The van der Waals surface area contributed by atoms with Crippen LogP contribution in [-0.4, -0.2) is 42.0 Å². The Hall–Kier alpha value is -3.81. The van der Waals surface area contributed by atoms with Gasteiger partial charge in [0.25, 0.3) is 0 Å². The SMILES string of the molecule is CCOC(=O)c1ccn(-c2cccc(NC(=O)CCOc3ccc(OC)cc3)c2)n1. The van der Waals surface area contributed by atoms with Crippen LogP contribution < -0.4 is 14.8 Å². The van der Waals surface area contributed by atoms with Crippen LogP contribution in [0.3, 0.4) is 0 Å². The highest BCUT2D eigenvalue weighted by atomic mass is 16.5. The van der Waals surface area contributed by atoms with E-state index < -0.39 is 5.97 Å². The molecule has 1 N–H and O–H groups in total. The Labute approximate surface area is 174 Å². The van der Waals surface area contributed by atoms with E-state index in [0.717, 1.165) is 5.75 Å². The minimum atomic E-state index is -0.474. The van der Waals surface area contributed by atoms with Crippen molar-refractivity contribution >= 4 is 17.6 Å². The second-order valence-electron chi connectivity index (χ2n) is 6.24. The number of esters is 1. The summed E-state index contributed by atoms with van der Waals surface area (Å²) in [6, 6.07) is 15.9. The fourth-order valence-corrected chi connectivity index (χ4v) is 2.66. The Morgan fingerprint density at radius 3 is 2.57 bits per heavy atom. The Balaban J connectivity index is 1.54. The van der Waals surface area contributed by atoms with E-state index in [9.17, 15) is 9.59 Å². The van der Waals surface area contributed by atoms with Crippen LogP contribution in [0.5, 0.6) is 11.5 Å². The zero-order chi connectivity index (χ0) is 21.3. The number of amides is 1. The van der Waals surface area contributed by atoms with Gasteiger partial charge in [0.15, 0.2) is 5.69 Å². The van der Waals surface area contributed by atoms with E-state index in [1.54, 1.807) is 73.4 Å². The minimum Gasteiger partial charge on any atom is -0.497 e. The van der Waals surface area contributed by atoms with E-state index >= 15 is 0 Å². The van der Waals surface area contributed by atoms with Crippen molar-refractivity contribution in [2.75, 3.05) is 25.6 Å². The average molecular weight is 409 g/mol. The van der Waals surface area contributed by atoms with E-state index in [0.29, 0.717) is 17.1 Å². The van der Waals surface area contributed by atoms with E-state index in [1.807, 2.05) is 6.07 Å². The summed E-state index contributed by atoms with van der Waals surface area (Å²) in [5, 5.41) is 7.05. The van der Waals surface area contributed by atoms with E-state index in [4.69, 9.17) is 14.2 Å². The molecule has 0 aliphatic heterocycles. The van der Waals surface area contributed by atoms with E-state index in [1.165, 1.54) is 0 Å². The van der Waals surface area contributed by atoms with Crippen molar-refractivity contribution in [2.24, 2.45) is 0 Å². The quantitative estimate of drug-likeness (QED) is 0.544. The molecule has 0 atom stereocenters. The van der Waals surface area contributed by atoms with Gasteiger partial charge in [-0.1, -0.05) is 6.07 Å². The third-order valence-corrected chi connectivity index (χ3v) is 4.13. The van der Waals surface area contributed by atoms with Gasteiger partial charge in [-0.15, -0.1) is 0 Å². The summed E-state index contributed by atoms with van der Waals surface area (Å²) < 4.78 is 17.2. The van der Waals surface area contributed by atoms with Gasteiger partial charge in [0.05, 0.1) is 32.4 Å². The Morgan fingerprint density at radius 2 is 1.83 bits per heavy atom. The molecule has 30 heavy (non-hydrogen) atoms. The second-order valence-corrected chi connectivity index (χ2v) is 6.24. The zero-order valence-corrected chi connectivity index (χ0v) is 16.8. The third-order valence-electron chi connectivity index (χ3n) is 4.13. The summed E-state index contributed by atoms with van der Waals surface area (Å²) in [5.74, 6) is 0.763. The van der Waals surface area contributed by atoms with Gasteiger partial charge in [0.1, 0.15) is 11.5 Å². The van der Waals surface area contributed by atoms with Gasteiger partial charge in [0, 0.05) is 11.9 Å². The van der Waals surface area contributed by atoms with Gasteiger partial charge in [-0.25, -0.2) is 9.48 Å². The highest BCUT2D eigenvalue weighted by molar-refractivity contribution is 5.91. The van der Waals surface area contributed by atoms with Crippen molar-refractivity contribution in [3.05, 3.63) is 66.5 Å². The molecule has 156 valence electrons. The lowest BCUT2D eigenvalue weighted by Crippen LogP contribution is -2.15. The maximum atomic E-state index is 12.2. The molecule has 0 saturated carbocycles. The highest BCUT2D eigenvalue weighted by Crippen LogP contribution is 2.18. The summed E-state index contributed by atoms with van der Waals surface area (Å²) in [7, 11) is 1.60. The van der Waals surface area contributed by atoms with Crippen LogP contribution in [0.4, 0.5) is 5.69 Å². The molecule has 2 aromatic carbocycles. The summed E-state index contributed by atoms with van der Waals surface area (Å²) >= 11 is 0. The standard InChI is InChI=1S/C22H23N3O5/c1-3-29-22(27)20-11-13-25(24-20)17-6-4-5-16(15-17)23-21(26)12-14-30-19-9-7-18(28-2)8-10-19/h4-11,13,15H,3,12,14H2,1-2H3,(H,23,26). The molecule has 0 saturated heterocycles. The maximum Gasteiger partial charge on any atom is 0.358 e. The van der Waals surface area contributed by atoms with E-state index in [2.05, 4.69) is 10.4 Å². The number of ether oxygens (including phenoxy) is 3. The number of carbonyl (C=O) groups excluding carboxylic acids is 2. The fraction of sp³-hybridized carbons (Fsp3) is 0.227. The molecule has 8 nitrogen and oxygen atoms in total. The van der Waals surface area contributed by atoms with Crippen LogP contribution >= 0.6 is 0 Å². The van der Waals surface area contributed by atoms with Crippen molar-refractivity contribution in [1.29, 1.82) is 0 Å². The van der Waals surface area contributed by atoms with Gasteiger partial charge in [-0.2, -0.15) is 5.10 Å². The fourth-order valence-electron chi connectivity index (χ4n) is 2.66. The number of hydrogen-bond donors (Lipinski definition) is 1. The molecule has 3 rings (SSSR count). The molecule has 0 spiro atoms. The van der Waals surface area contributed by atoms with Crippen LogP contribution in [0.25, 0.3) is 5.69 Å². The smallest absolute Gasteiger partial charge is 0.358 e. The van der Waals surface area contributed by atoms with Crippen LogP contribution in [0.2, 0.25) is 0 Å². The van der Waals surface area contributed by atoms with Gasteiger partial charge in [0.2, 0.25) is 5.91 Å². The number of carbonyl (C=O) groups is 2. The predicted molar refractivity (Wildman–Crippen MR) is 111 cm³/mol. The monoisotopic (exact) mass is 409 g/mol. The van der Waals surface area contributed by atoms with Crippen LogP contribution in [-0.2, 0) is 9.53 Å². The normalized spacial score (nSPS) is 10.3. The molecule has 1 heterocycles. The first-order chi connectivity index (χ1) is 14.6. The Bertz CT molecular complexity index is 998. The molecule has 1 amide bonds. The third kappa shape index (κ3) is 5.60. The minimum absolute atomic E-state index is 0.173. The largest absolute Gasteiger partial charge is 0.497 e. The molecule has 8 heteroatoms. The molecule has 0 unspecified atom stereocenters. The van der Waals surface area contributed by atoms with Gasteiger partial charge in [-0.3, -0.25) is 4.79 Å². The summed E-state index contributed by atoms with van der Waals surface area (Å²) in [4.78, 5) is 24.0. The lowest BCUT2D eigenvalue weighted by Gasteiger charge is -2.09. The molecule has 0 radical (unpaired) electrons. The summed E-state index contributed by atoms with van der Waals surface area (Å²) in [5.41, 5.74) is 1.55. The van der Waals surface area contributed by atoms with Crippen LogP contribution in [0.1, 0.15) is 23.8 Å². The van der Waals surface area contributed by atoms with Crippen LogP contribution in [0.15, 0.2) is 60.8 Å². The zero-order valence-electron chi connectivity index (χ0n) is 16.8. The molecule has 0 aliphatic rings. The van der Waals surface area contributed by atoms with Gasteiger partial charge in [-0.05, 0) is 55.5 Å². The number of benzene rings is 2. The lowest BCUT2D eigenvalue weighted by atomic mass is 10.2. The first-order valence-corrected chi connectivity index (χ1v) is 9.49. The predicted octanol–water partition coefficient (Wildman–Crippen LogP) is 3.47. The van der Waals surface area contributed by atoms with E-state index in [-0.39, 0.29) is 31.2 Å². The number of anilines is 1. The number of methoxy groups -OCH3 is 1. The summed E-state index contributed by atoms with van der Waals surface area (Å²) in [6.45, 7) is 2.28. The molecule has 0 aliphatic carbocycles. The van der Waals surface area contributed by atoms with Crippen molar-refractivity contribution in [1.82, 2.24) is 9.78 Å². The number of nitrogens with zero attached hydrogens (tertiary/aromatic N) is 2. The molecule has 3 aromatic rings. The molecule has 1 aromatic heterocycles.